The van der Waals surface area contributed by atoms with Crippen LogP contribution in [0.1, 0.15) is 6.42 Å². The monoisotopic (exact) mass is 200 g/mol. The molecule has 0 aliphatic carbocycles. The Hall–Kier alpha value is -0.870. The minimum absolute atomic E-state index is 0.158. The lowest BCUT2D eigenvalue weighted by Gasteiger charge is -2.36. The summed E-state index contributed by atoms with van der Waals surface area (Å²) in [6.45, 7) is 2.48. The van der Waals surface area contributed by atoms with Gasteiger partial charge in [0.1, 0.15) is 13.1 Å². The van der Waals surface area contributed by atoms with Crippen molar-refractivity contribution in [3.05, 3.63) is 11.6 Å². The summed E-state index contributed by atoms with van der Waals surface area (Å²) in [7, 11) is 3.44. The van der Waals surface area contributed by atoms with Gasteiger partial charge in [-0.25, -0.2) is 4.79 Å². The molecule has 1 heterocycles. The molecule has 0 bridgehead atoms. The van der Waals surface area contributed by atoms with E-state index in [1.807, 2.05) is 13.1 Å². The summed E-state index contributed by atoms with van der Waals surface area (Å²) in [4.78, 5) is 11.3. The predicted octanol–water partition coefficient (Wildman–Crippen LogP) is -0.0716. The Morgan fingerprint density at radius 3 is 3.00 bits per heavy atom. The zero-order chi connectivity index (χ0) is 10.6. The lowest BCUT2D eigenvalue weighted by atomic mass is 10.1. The number of hydrogen-bond donors (Lipinski definition) is 1. The maximum atomic E-state index is 11.3. The smallest absolute Gasteiger partial charge is 0.339 e. The molecule has 1 atom stereocenters. The van der Waals surface area contributed by atoms with Gasteiger partial charge in [0.25, 0.3) is 0 Å². The molecule has 0 radical (unpaired) electrons. The van der Waals surface area contributed by atoms with Crippen LogP contribution in [0.15, 0.2) is 11.6 Å². The zero-order valence-electron chi connectivity index (χ0n) is 8.82. The van der Waals surface area contributed by atoms with Crippen molar-refractivity contribution in [2.24, 2.45) is 0 Å². The number of carbonyl (C=O) groups is 1. The number of likely N-dealkylation sites (N-methyl/N-ethyl adjacent to an activating group) is 1. The second-order valence-electron chi connectivity index (χ2n) is 3.96. The van der Waals surface area contributed by atoms with E-state index in [0.29, 0.717) is 13.1 Å². The minimum Gasteiger partial charge on any atom is -0.465 e. The van der Waals surface area contributed by atoms with E-state index in [1.54, 1.807) is 0 Å². The third-order valence-corrected chi connectivity index (χ3v) is 2.70. The van der Waals surface area contributed by atoms with E-state index in [9.17, 15) is 4.79 Å². The molecule has 0 aromatic heterocycles. The van der Waals surface area contributed by atoms with E-state index in [1.165, 1.54) is 7.11 Å². The Labute approximate surface area is 84.4 Å². The molecule has 1 aliphatic rings. The molecule has 1 rings (SSSR count). The largest absolute Gasteiger partial charge is 0.465 e. The van der Waals surface area contributed by atoms with Gasteiger partial charge in [0.05, 0.1) is 32.9 Å². The number of esters is 1. The van der Waals surface area contributed by atoms with Crippen molar-refractivity contribution in [2.75, 3.05) is 40.4 Å². The van der Waals surface area contributed by atoms with Crippen LogP contribution in [0.4, 0.5) is 0 Å². The SMILES string of the molecule is COC(=O)C1=CCC[N+](C)(CCO)C1. The van der Waals surface area contributed by atoms with Gasteiger partial charge in [-0.05, 0) is 0 Å². The third kappa shape index (κ3) is 2.56. The van der Waals surface area contributed by atoms with E-state index in [4.69, 9.17) is 5.11 Å². The highest BCUT2D eigenvalue weighted by atomic mass is 16.5. The number of aliphatic hydroxyl groups is 1. The fraction of sp³-hybridized carbons (Fsp3) is 0.700. The summed E-state index contributed by atoms with van der Waals surface area (Å²) in [5, 5.41) is 8.91. The first-order valence-electron chi connectivity index (χ1n) is 4.83. The summed E-state index contributed by atoms with van der Waals surface area (Å²) < 4.78 is 5.40. The summed E-state index contributed by atoms with van der Waals surface area (Å²) in [5.41, 5.74) is 0.731. The molecule has 0 aromatic rings. The van der Waals surface area contributed by atoms with Crippen LogP contribution in [-0.4, -0.2) is 56.0 Å². The molecule has 0 saturated heterocycles. The lowest BCUT2D eigenvalue weighted by molar-refractivity contribution is -0.906. The van der Waals surface area contributed by atoms with Crippen molar-refractivity contribution in [1.29, 1.82) is 0 Å². The fourth-order valence-electron chi connectivity index (χ4n) is 1.82. The first kappa shape index (κ1) is 11.2. The van der Waals surface area contributed by atoms with Gasteiger partial charge in [0.2, 0.25) is 0 Å². The molecule has 4 nitrogen and oxygen atoms in total. The molecule has 0 amide bonds. The minimum atomic E-state index is -0.244. The maximum Gasteiger partial charge on any atom is 0.339 e. The van der Waals surface area contributed by atoms with Crippen LogP contribution in [0, 0.1) is 0 Å². The number of nitrogens with zero attached hydrogens (tertiary/aromatic N) is 1. The average molecular weight is 200 g/mol. The molecule has 1 unspecified atom stereocenters. The predicted molar refractivity (Wildman–Crippen MR) is 52.6 cm³/mol. The Bertz CT molecular complexity index is 250. The number of aliphatic hydroxyl groups excluding tert-OH is 1. The average Bonchev–Trinajstić information content (AvgIpc) is 2.16. The van der Waals surface area contributed by atoms with Crippen molar-refractivity contribution in [3.8, 4) is 0 Å². The Morgan fingerprint density at radius 2 is 2.43 bits per heavy atom. The van der Waals surface area contributed by atoms with Gasteiger partial charge >= 0.3 is 5.97 Å². The van der Waals surface area contributed by atoms with Gasteiger partial charge in [-0.15, -0.1) is 0 Å². The quantitative estimate of drug-likeness (QED) is 0.512. The van der Waals surface area contributed by atoms with Gasteiger partial charge in [0, 0.05) is 6.42 Å². The van der Waals surface area contributed by atoms with Crippen molar-refractivity contribution < 1.29 is 19.1 Å². The standard InChI is InChI=1S/C10H18NO3/c1-11(6-7-12)5-3-4-9(8-11)10(13)14-2/h4,12H,3,5-8H2,1-2H3/q+1. The highest BCUT2D eigenvalue weighted by Gasteiger charge is 2.29. The highest BCUT2D eigenvalue weighted by molar-refractivity contribution is 5.88. The first-order valence-corrected chi connectivity index (χ1v) is 4.83. The summed E-state index contributed by atoms with van der Waals surface area (Å²) in [5.74, 6) is -0.244. The number of ether oxygens (including phenoxy) is 1. The number of rotatable bonds is 3. The van der Waals surface area contributed by atoms with Crippen LogP contribution in [0.3, 0.4) is 0 Å². The number of hydrogen-bond acceptors (Lipinski definition) is 3. The summed E-state index contributed by atoms with van der Waals surface area (Å²) >= 11 is 0. The molecule has 14 heavy (non-hydrogen) atoms. The van der Waals surface area contributed by atoms with Gasteiger partial charge in [-0.1, -0.05) is 6.08 Å². The van der Waals surface area contributed by atoms with Gasteiger partial charge in [0.15, 0.2) is 0 Å². The van der Waals surface area contributed by atoms with E-state index in [2.05, 4.69) is 4.74 Å². The molecule has 1 N–H and O–H groups in total. The molecule has 80 valence electrons. The Kier molecular flexibility index (Phi) is 3.66. The van der Waals surface area contributed by atoms with E-state index in [-0.39, 0.29) is 12.6 Å². The third-order valence-electron chi connectivity index (χ3n) is 2.70. The molecular formula is C10H18NO3+. The van der Waals surface area contributed by atoms with Crippen molar-refractivity contribution in [2.45, 2.75) is 6.42 Å². The van der Waals surface area contributed by atoms with Crippen LogP contribution >= 0.6 is 0 Å². The van der Waals surface area contributed by atoms with Crippen LogP contribution in [0.25, 0.3) is 0 Å². The molecule has 0 saturated carbocycles. The van der Waals surface area contributed by atoms with Crippen LogP contribution in [-0.2, 0) is 9.53 Å². The molecule has 0 aromatic carbocycles. The first-order chi connectivity index (χ1) is 6.61. The summed E-state index contributed by atoms with van der Waals surface area (Å²) in [6.07, 6.45) is 2.81. The van der Waals surface area contributed by atoms with Crippen molar-refractivity contribution in [1.82, 2.24) is 0 Å². The number of carbonyl (C=O) groups excluding carboxylic acids is 1. The van der Waals surface area contributed by atoms with Crippen molar-refractivity contribution >= 4 is 5.97 Å². The van der Waals surface area contributed by atoms with E-state index >= 15 is 0 Å². The van der Waals surface area contributed by atoms with Crippen LogP contribution in [0.5, 0.6) is 0 Å². The van der Waals surface area contributed by atoms with Crippen LogP contribution < -0.4 is 0 Å². The molecule has 4 heteroatoms. The second kappa shape index (κ2) is 4.57. The molecule has 0 fully saturated rings. The van der Waals surface area contributed by atoms with Crippen molar-refractivity contribution in [3.63, 3.8) is 0 Å². The molecule has 0 spiro atoms. The highest BCUT2D eigenvalue weighted by Crippen LogP contribution is 2.16. The fourth-order valence-corrected chi connectivity index (χ4v) is 1.82. The molecular weight excluding hydrogens is 182 g/mol. The van der Waals surface area contributed by atoms with E-state index in [0.717, 1.165) is 23.0 Å². The lowest BCUT2D eigenvalue weighted by Crippen LogP contribution is -2.50. The second-order valence-corrected chi connectivity index (χ2v) is 3.96. The van der Waals surface area contributed by atoms with Gasteiger partial charge in [-0.2, -0.15) is 0 Å². The normalized spacial score (nSPS) is 26.9. The zero-order valence-corrected chi connectivity index (χ0v) is 8.82. The number of methoxy groups -OCH3 is 1. The van der Waals surface area contributed by atoms with Gasteiger partial charge in [-0.3, -0.25) is 0 Å². The van der Waals surface area contributed by atoms with E-state index < -0.39 is 0 Å². The topological polar surface area (TPSA) is 46.5 Å². The Balaban J connectivity index is 2.66. The Morgan fingerprint density at radius 1 is 1.71 bits per heavy atom. The van der Waals surface area contributed by atoms with Crippen LogP contribution in [0.2, 0.25) is 0 Å². The molecule has 1 aliphatic heterocycles. The summed E-state index contributed by atoms with van der Waals surface area (Å²) in [6, 6.07) is 0. The van der Waals surface area contributed by atoms with Gasteiger partial charge < -0.3 is 14.3 Å². The number of quaternary nitrogens is 1. The maximum absolute atomic E-state index is 11.3.